The third-order valence-corrected chi connectivity index (χ3v) is 2.86. The smallest absolute Gasteiger partial charge is 0.417 e. The number of halogens is 3. The first-order chi connectivity index (χ1) is 11.5. The van der Waals surface area contributed by atoms with Crippen molar-refractivity contribution in [3.63, 3.8) is 0 Å². The highest BCUT2D eigenvalue weighted by molar-refractivity contribution is 6.02. The molecule has 26 heavy (non-hydrogen) atoms. The topological polar surface area (TPSA) is 69.7 Å². The molecule has 0 aliphatic carbocycles. The SMILES string of the molecule is CC(C)(C)OC(=O)c1cc(C(F)(F)F)c(C(=O)OC(C)(C)C)cc1C=O. The number of carbonyl (C=O) groups is 3. The number of hydrogen-bond donors (Lipinski definition) is 0. The maximum atomic E-state index is 13.4. The molecule has 1 aromatic carbocycles. The summed E-state index contributed by atoms with van der Waals surface area (Å²) in [6, 6.07) is 1.14. The van der Waals surface area contributed by atoms with E-state index in [1.54, 1.807) is 0 Å². The third kappa shape index (κ3) is 5.86. The van der Waals surface area contributed by atoms with Crippen molar-refractivity contribution in [1.29, 1.82) is 0 Å². The molecule has 0 aliphatic rings. The number of aldehydes is 1. The summed E-state index contributed by atoms with van der Waals surface area (Å²) in [5, 5.41) is 0. The minimum atomic E-state index is -4.94. The zero-order valence-electron chi connectivity index (χ0n) is 15.4. The van der Waals surface area contributed by atoms with Gasteiger partial charge in [0.1, 0.15) is 11.2 Å². The van der Waals surface area contributed by atoms with E-state index in [1.807, 2.05) is 0 Å². The summed E-state index contributed by atoms with van der Waals surface area (Å²) in [4.78, 5) is 35.6. The molecule has 8 heteroatoms. The predicted molar refractivity (Wildman–Crippen MR) is 87.2 cm³/mol. The van der Waals surface area contributed by atoms with E-state index in [1.165, 1.54) is 41.5 Å². The van der Waals surface area contributed by atoms with E-state index in [0.29, 0.717) is 12.1 Å². The van der Waals surface area contributed by atoms with Crippen LogP contribution >= 0.6 is 0 Å². The summed E-state index contributed by atoms with van der Waals surface area (Å²) in [5.74, 6) is -2.34. The molecule has 0 amide bonds. The van der Waals surface area contributed by atoms with Crippen molar-refractivity contribution in [2.24, 2.45) is 0 Å². The Morgan fingerprint density at radius 2 is 1.27 bits per heavy atom. The Hall–Kier alpha value is -2.38. The van der Waals surface area contributed by atoms with E-state index in [-0.39, 0.29) is 6.29 Å². The van der Waals surface area contributed by atoms with Crippen molar-refractivity contribution >= 4 is 18.2 Å². The van der Waals surface area contributed by atoms with Gasteiger partial charge in [0.15, 0.2) is 6.29 Å². The van der Waals surface area contributed by atoms with E-state index in [9.17, 15) is 27.6 Å². The molecule has 0 spiro atoms. The molecule has 5 nitrogen and oxygen atoms in total. The number of hydrogen-bond acceptors (Lipinski definition) is 5. The molecule has 0 atom stereocenters. The molecule has 0 saturated heterocycles. The minimum Gasteiger partial charge on any atom is -0.456 e. The fraction of sp³-hybridized carbons (Fsp3) is 0.500. The van der Waals surface area contributed by atoms with Gasteiger partial charge in [-0.3, -0.25) is 4.79 Å². The predicted octanol–water partition coefficient (Wildman–Crippen LogP) is 4.43. The lowest BCUT2D eigenvalue weighted by molar-refractivity contribution is -0.138. The van der Waals surface area contributed by atoms with Gasteiger partial charge in [0.2, 0.25) is 0 Å². The molecule has 0 aromatic heterocycles. The molecule has 0 fully saturated rings. The molecule has 1 aromatic rings. The average Bonchev–Trinajstić information content (AvgIpc) is 2.41. The fourth-order valence-corrected chi connectivity index (χ4v) is 1.96. The zero-order chi connectivity index (χ0) is 20.5. The summed E-state index contributed by atoms with van der Waals surface area (Å²) >= 11 is 0. The molecular weight excluding hydrogens is 353 g/mol. The summed E-state index contributed by atoms with van der Waals surface area (Å²) in [7, 11) is 0. The van der Waals surface area contributed by atoms with Crippen LogP contribution in [-0.4, -0.2) is 29.4 Å². The van der Waals surface area contributed by atoms with E-state index in [2.05, 4.69) is 0 Å². The van der Waals surface area contributed by atoms with Crippen LogP contribution < -0.4 is 0 Å². The van der Waals surface area contributed by atoms with Crippen molar-refractivity contribution < 1.29 is 37.0 Å². The molecule has 1 rings (SSSR count). The number of rotatable bonds is 3. The van der Waals surface area contributed by atoms with Crippen LogP contribution in [0.1, 0.15) is 78.2 Å². The molecule has 0 heterocycles. The van der Waals surface area contributed by atoms with Gasteiger partial charge in [0, 0.05) is 5.56 Å². The van der Waals surface area contributed by atoms with Crippen molar-refractivity contribution in [2.75, 3.05) is 0 Å². The highest BCUT2D eigenvalue weighted by atomic mass is 19.4. The van der Waals surface area contributed by atoms with Gasteiger partial charge < -0.3 is 9.47 Å². The highest BCUT2D eigenvalue weighted by Gasteiger charge is 2.38. The van der Waals surface area contributed by atoms with Gasteiger partial charge in [-0.25, -0.2) is 9.59 Å². The maximum Gasteiger partial charge on any atom is 0.417 e. The lowest BCUT2D eigenvalue weighted by Crippen LogP contribution is -2.27. The summed E-state index contributed by atoms with van der Waals surface area (Å²) in [6.07, 6.45) is -4.75. The number of carbonyl (C=O) groups excluding carboxylic acids is 3. The van der Waals surface area contributed by atoms with E-state index in [4.69, 9.17) is 9.47 Å². The van der Waals surface area contributed by atoms with Crippen LogP contribution in [0.3, 0.4) is 0 Å². The second kappa shape index (κ2) is 7.09. The number of benzene rings is 1. The fourth-order valence-electron chi connectivity index (χ4n) is 1.96. The molecule has 0 unspecified atom stereocenters. The zero-order valence-corrected chi connectivity index (χ0v) is 15.4. The Balaban J connectivity index is 3.57. The Labute approximate surface area is 149 Å². The highest BCUT2D eigenvalue weighted by Crippen LogP contribution is 2.35. The van der Waals surface area contributed by atoms with Crippen molar-refractivity contribution in [2.45, 2.75) is 58.9 Å². The molecular formula is C18H21F3O5. The van der Waals surface area contributed by atoms with Gasteiger partial charge in [-0.05, 0) is 53.7 Å². The van der Waals surface area contributed by atoms with Crippen molar-refractivity contribution in [3.8, 4) is 0 Å². The maximum absolute atomic E-state index is 13.4. The third-order valence-electron chi connectivity index (χ3n) is 2.86. The van der Waals surface area contributed by atoms with Crippen LogP contribution in [0.2, 0.25) is 0 Å². The summed E-state index contributed by atoms with van der Waals surface area (Å²) in [6.45, 7) is 9.08. The van der Waals surface area contributed by atoms with Crippen LogP contribution in [-0.2, 0) is 15.7 Å². The van der Waals surface area contributed by atoms with Gasteiger partial charge >= 0.3 is 18.1 Å². The molecule has 144 valence electrons. The van der Waals surface area contributed by atoms with Crippen molar-refractivity contribution in [1.82, 2.24) is 0 Å². The van der Waals surface area contributed by atoms with Crippen LogP contribution in [0, 0.1) is 0 Å². The molecule has 0 bridgehead atoms. The van der Waals surface area contributed by atoms with E-state index in [0.717, 1.165) is 0 Å². The van der Waals surface area contributed by atoms with E-state index < -0.39 is 51.6 Å². The van der Waals surface area contributed by atoms with Gasteiger partial charge in [0.25, 0.3) is 0 Å². The summed E-state index contributed by atoms with van der Waals surface area (Å²) in [5.41, 5.74) is -5.20. The van der Waals surface area contributed by atoms with Crippen LogP contribution in [0.25, 0.3) is 0 Å². The van der Waals surface area contributed by atoms with Crippen LogP contribution in [0.5, 0.6) is 0 Å². The second-order valence-electron chi connectivity index (χ2n) is 7.60. The monoisotopic (exact) mass is 374 g/mol. The Bertz CT molecular complexity index is 722. The number of alkyl halides is 3. The number of ether oxygens (including phenoxy) is 2. The molecule has 0 radical (unpaired) electrons. The first-order valence-electron chi connectivity index (χ1n) is 7.72. The van der Waals surface area contributed by atoms with E-state index >= 15 is 0 Å². The first kappa shape index (κ1) is 21.7. The molecule has 0 aliphatic heterocycles. The van der Waals surface area contributed by atoms with Crippen molar-refractivity contribution in [3.05, 3.63) is 34.4 Å². The van der Waals surface area contributed by atoms with Crippen LogP contribution in [0.4, 0.5) is 13.2 Å². The molecule has 0 saturated carbocycles. The lowest BCUT2D eigenvalue weighted by Gasteiger charge is -2.23. The first-order valence-corrected chi connectivity index (χ1v) is 7.72. The Kier molecular flexibility index (Phi) is 5.91. The lowest BCUT2D eigenvalue weighted by atomic mass is 9.98. The summed E-state index contributed by atoms with van der Waals surface area (Å²) < 4.78 is 50.2. The largest absolute Gasteiger partial charge is 0.456 e. The average molecular weight is 374 g/mol. The quantitative estimate of drug-likeness (QED) is 0.578. The van der Waals surface area contributed by atoms with Gasteiger partial charge in [-0.1, -0.05) is 0 Å². The molecule has 0 N–H and O–H groups in total. The Morgan fingerprint density at radius 3 is 1.62 bits per heavy atom. The van der Waals surface area contributed by atoms with Gasteiger partial charge in [0.05, 0.1) is 16.7 Å². The number of esters is 2. The second-order valence-corrected chi connectivity index (χ2v) is 7.60. The van der Waals surface area contributed by atoms with Gasteiger partial charge in [-0.2, -0.15) is 13.2 Å². The standard InChI is InChI=1S/C18H21F3O5/c1-16(2,3)25-14(23)11-8-13(18(19,20)21)12(7-10(11)9-22)15(24)26-17(4,5)6/h7-9H,1-6H3. The normalized spacial score (nSPS) is 12.5. The van der Waals surface area contributed by atoms with Crippen LogP contribution in [0.15, 0.2) is 12.1 Å². The van der Waals surface area contributed by atoms with Gasteiger partial charge in [-0.15, -0.1) is 0 Å². The Morgan fingerprint density at radius 1 is 0.846 bits per heavy atom. The minimum absolute atomic E-state index is 0.188.